The van der Waals surface area contributed by atoms with Crippen LogP contribution in [0.5, 0.6) is 5.75 Å². The second-order valence-electron chi connectivity index (χ2n) is 7.23. The highest BCUT2D eigenvalue weighted by molar-refractivity contribution is 5.99. The maximum Gasteiger partial charge on any atom is 0.341 e. The van der Waals surface area contributed by atoms with Gasteiger partial charge in [0, 0.05) is 12.3 Å². The van der Waals surface area contributed by atoms with E-state index in [1.807, 2.05) is 20.8 Å². The SMILES string of the molecule is CCCOC1(C(=O)Nc2ccc(OC(C)C)c(C(=O)OC)c2)CCCCC1. The van der Waals surface area contributed by atoms with Gasteiger partial charge in [0.05, 0.1) is 13.2 Å². The number of hydrogen-bond donors (Lipinski definition) is 1. The minimum absolute atomic E-state index is 0.0817. The molecule has 1 aliphatic rings. The highest BCUT2D eigenvalue weighted by atomic mass is 16.5. The number of amides is 1. The first-order chi connectivity index (χ1) is 12.9. The van der Waals surface area contributed by atoms with Crippen LogP contribution in [0.3, 0.4) is 0 Å². The molecule has 1 aromatic carbocycles. The molecule has 0 bridgehead atoms. The minimum Gasteiger partial charge on any atom is -0.490 e. The lowest BCUT2D eigenvalue weighted by molar-refractivity contribution is -0.146. The Morgan fingerprint density at radius 1 is 1.19 bits per heavy atom. The predicted octanol–water partition coefficient (Wildman–Crippen LogP) is 4.33. The molecular formula is C21H31NO5. The summed E-state index contributed by atoms with van der Waals surface area (Å²) in [6, 6.07) is 5.01. The number of carbonyl (C=O) groups excluding carboxylic acids is 2. The zero-order chi connectivity index (χ0) is 19.9. The predicted molar refractivity (Wildman–Crippen MR) is 104 cm³/mol. The van der Waals surface area contributed by atoms with Crippen molar-refractivity contribution >= 4 is 17.6 Å². The molecule has 0 radical (unpaired) electrons. The third-order valence-electron chi connectivity index (χ3n) is 4.66. The van der Waals surface area contributed by atoms with Gasteiger partial charge in [-0.05, 0) is 51.3 Å². The fourth-order valence-corrected chi connectivity index (χ4v) is 3.34. The molecule has 150 valence electrons. The summed E-state index contributed by atoms with van der Waals surface area (Å²) in [7, 11) is 1.32. The summed E-state index contributed by atoms with van der Waals surface area (Å²) in [6.07, 6.45) is 5.30. The van der Waals surface area contributed by atoms with Crippen LogP contribution in [0.15, 0.2) is 18.2 Å². The van der Waals surface area contributed by atoms with Crippen molar-refractivity contribution in [1.29, 1.82) is 0 Å². The average molecular weight is 377 g/mol. The number of anilines is 1. The highest BCUT2D eigenvalue weighted by Crippen LogP contribution is 2.34. The van der Waals surface area contributed by atoms with Gasteiger partial charge < -0.3 is 19.5 Å². The number of hydrogen-bond acceptors (Lipinski definition) is 5. The second-order valence-corrected chi connectivity index (χ2v) is 7.23. The average Bonchev–Trinajstić information content (AvgIpc) is 2.67. The van der Waals surface area contributed by atoms with E-state index in [1.165, 1.54) is 7.11 Å². The monoisotopic (exact) mass is 377 g/mol. The van der Waals surface area contributed by atoms with Gasteiger partial charge in [-0.25, -0.2) is 4.79 Å². The first kappa shape index (κ1) is 21.2. The molecule has 0 aliphatic heterocycles. The van der Waals surface area contributed by atoms with Crippen molar-refractivity contribution < 1.29 is 23.8 Å². The summed E-state index contributed by atoms with van der Waals surface area (Å²) in [4.78, 5) is 25.1. The quantitative estimate of drug-likeness (QED) is 0.683. The van der Waals surface area contributed by atoms with E-state index in [9.17, 15) is 9.59 Å². The summed E-state index contributed by atoms with van der Waals surface area (Å²) < 4.78 is 16.5. The molecule has 1 fully saturated rings. The van der Waals surface area contributed by atoms with E-state index in [4.69, 9.17) is 14.2 Å². The molecular weight excluding hydrogens is 346 g/mol. The Morgan fingerprint density at radius 2 is 1.89 bits per heavy atom. The van der Waals surface area contributed by atoms with Gasteiger partial charge in [0.15, 0.2) is 0 Å². The van der Waals surface area contributed by atoms with E-state index < -0.39 is 11.6 Å². The largest absolute Gasteiger partial charge is 0.490 e. The van der Waals surface area contributed by atoms with Crippen LogP contribution in [0.25, 0.3) is 0 Å². The molecule has 1 aliphatic carbocycles. The van der Waals surface area contributed by atoms with Gasteiger partial charge in [-0.3, -0.25) is 4.79 Å². The highest BCUT2D eigenvalue weighted by Gasteiger charge is 2.40. The van der Waals surface area contributed by atoms with Crippen LogP contribution in [-0.2, 0) is 14.3 Å². The Hall–Kier alpha value is -2.08. The zero-order valence-electron chi connectivity index (χ0n) is 16.8. The van der Waals surface area contributed by atoms with Crippen LogP contribution in [0, 0.1) is 0 Å². The van der Waals surface area contributed by atoms with E-state index in [1.54, 1.807) is 18.2 Å². The van der Waals surface area contributed by atoms with Crippen LogP contribution in [0.2, 0.25) is 0 Å². The van der Waals surface area contributed by atoms with Crippen LogP contribution in [-0.4, -0.2) is 37.3 Å². The van der Waals surface area contributed by atoms with Crippen molar-refractivity contribution in [2.45, 2.75) is 71.0 Å². The molecule has 0 spiro atoms. The lowest BCUT2D eigenvalue weighted by atomic mass is 9.83. The zero-order valence-corrected chi connectivity index (χ0v) is 16.8. The van der Waals surface area contributed by atoms with Crippen molar-refractivity contribution in [3.63, 3.8) is 0 Å². The molecule has 0 atom stereocenters. The summed E-state index contributed by atoms with van der Waals surface area (Å²) in [5.41, 5.74) is 0.0324. The van der Waals surface area contributed by atoms with Crippen molar-refractivity contribution in [1.82, 2.24) is 0 Å². The Morgan fingerprint density at radius 3 is 2.48 bits per heavy atom. The lowest BCUT2D eigenvalue weighted by Crippen LogP contribution is -2.47. The molecule has 0 unspecified atom stereocenters. The first-order valence-corrected chi connectivity index (χ1v) is 9.76. The Kier molecular flexibility index (Phi) is 7.66. The summed E-state index contributed by atoms with van der Waals surface area (Å²) in [6.45, 7) is 6.36. The fraction of sp³-hybridized carbons (Fsp3) is 0.619. The molecule has 27 heavy (non-hydrogen) atoms. The standard InChI is InChI=1S/C21H31NO5/c1-5-13-26-21(11-7-6-8-12-21)20(24)22-16-9-10-18(27-15(2)3)17(14-16)19(23)25-4/h9-10,14-15H,5-8,11-13H2,1-4H3,(H,22,24). The number of methoxy groups -OCH3 is 1. The van der Waals surface area contributed by atoms with Crippen LogP contribution < -0.4 is 10.1 Å². The Labute approximate surface area is 161 Å². The van der Waals surface area contributed by atoms with Crippen molar-refractivity contribution in [2.24, 2.45) is 0 Å². The molecule has 2 rings (SSSR count). The number of rotatable bonds is 8. The lowest BCUT2D eigenvalue weighted by Gasteiger charge is -2.35. The third-order valence-corrected chi connectivity index (χ3v) is 4.66. The van der Waals surface area contributed by atoms with E-state index in [0.29, 0.717) is 18.0 Å². The van der Waals surface area contributed by atoms with Crippen molar-refractivity contribution in [2.75, 3.05) is 19.0 Å². The number of benzene rings is 1. The topological polar surface area (TPSA) is 73.9 Å². The summed E-state index contributed by atoms with van der Waals surface area (Å²) >= 11 is 0. The van der Waals surface area contributed by atoms with Crippen molar-refractivity contribution in [3.8, 4) is 5.75 Å². The molecule has 1 N–H and O–H groups in total. The van der Waals surface area contributed by atoms with Gasteiger partial charge in [0.1, 0.15) is 16.9 Å². The molecule has 0 saturated heterocycles. The Bertz CT molecular complexity index is 650. The molecule has 6 heteroatoms. The first-order valence-electron chi connectivity index (χ1n) is 9.76. The van der Waals surface area contributed by atoms with E-state index in [-0.39, 0.29) is 17.6 Å². The number of carbonyl (C=O) groups is 2. The molecule has 1 amide bonds. The van der Waals surface area contributed by atoms with E-state index >= 15 is 0 Å². The number of nitrogens with one attached hydrogen (secondary N) is 1. The van der Waals surface area contributed by atoms with Crippen LogP contribution in [0.1, 0.15) is 69.7 Å². The van der Waals surface area contributed by atoms with Gasteiger partial charge >= 0.3 is 5.97 Å². The molecule has 6 nitrogen and oxygen atoms in total. The molecule has 0 heterocycles. The molecule has 0 aromatic heterocycles. The van der Waals surface area contributed by atoms with Crippen LogP contribution in [0.4, 0.5) is 5.69 Å². The number of ether oxygens (including phenoxy) is 3. The maximum absolute atomic E-state index is 13.0. The second kappa shape index (κ2) is 9.74. The minimum atomic E-state index is -0.785. The van der Waals surface area contributed by atoms with Gasteiger partial charge in [-0.2, -0.15) is 0 Å². The fourth-order valence-electron chi connectivity index (χ4n) is 3.34. The number of esters is 1. The van der Waals surface area contributed by atoms with E-state index in [0.717, 1.165) is 38.5 Å². The van der Waals surface area contributed by atoms with Gasteiger partial charge in [-0.15, -0.1) is 0 Å². The van der Waals surface area contributed by atoms with E-state index in [2.05, 4.69) is 5.32 Å². The summed E-state index contributed by atoms with van der Waals surface area (Å²) in [5.74, 6) is -0.218. The molecule has 1 saturated carbocycles. The summed E-state index contributed by atoms with van der Waals surface area (Å²) in [5, 5.41) is 2.93. The maximum atomic E-state index is 13.0. The smallest absolute Gasteiger partial charge is 0.341 e. The van der Waals surface area contributed by atoms with Gasteiger partial charge in [0.25, 0.3) is 5.91 Å². The van der Waals surface area contributed by atoms with Gasteiger partial charge in [-0.1, -0.05) is 26.2 Å². The molecule has 1 aromatic rings. The van der Waals surface area contributed by atoms with Crippen LogP contribution >= 0.6 is 0 Å². The van der Waals surface area contributed by atoms with Crippen molar-refractivity contribution in [3.05, 3.63) is 23.8 Å². The Balaban J connectivity index is 2.23. The van der Waals surface area contributed by atoms with Gasteiger partial charge in [0.2, 0.25) is 0 Å². The normalized spacial score (nSPS) is 16.0. The third kappa shape index (κ3) is 5.45.